The molecule has 0 fully saturated rings. The number of hydrogen-bond acceptors (Lipinski definition) is 4. The fourth-order valence-electron chi connectivity index (χ4n) is 3.44. The Bertz CT molecular complexity index is 781. The predicted molar refractivity (Wildman–Crippen MR) is 103 cm³/mol. The first-order chi connectivity index (χ1) is 12.5. The molecule has 1 N–H and O–H groups in total. The zero-order valence-electron chi connectivity index (χ0n) is 16.2. The van der Waals surface area contributed by atoms with Crippen molar-refractivity contribution in [1.82, 2.24) is 25.2 Å². The minimum absolute atomic E-state index is 0.142. The molecule has 1 aliphatic rings. The third-order valence-corrected chi connectivity index (χ3v) is 5.11. The van der Waals surface area contributed by atoms with Crippen molar-refractivity contribution >= 4 is 5.91 Å². The lowest BCUT2D eigenvalue weighted by Crippen LogP contribution is -2.31. The molecule has 3 rings (SSSR count). The highest BCUT2D eigenvalue weighted by molar-refractivity contribution is 5.93. The summed E-state index contributed by atoms with van der Waals surface area (Å²) in [6.07, 6.45) is 1.95. The second-order valence-corrected chi connectivity index (χ2v) is 7.41. The minimum Gasteiger partial charge on any atom is -0.351 e. The van der Waals surface area contributed by atoms with Crippen LogP contribution in [-0.2, 0) is 13.0 Å². The molecule has 0 atom stereocenters. The van der Waals surface area contributed by atoms with Gasteiger partial charge in [-0.3, -0.25) is 9.69 Å². The highest BCUT2D eigenvalue weighted by atomic mass is 16.2. The first-order valence-electron chi connectivity index (χ1n) is 9.55. The van der Waals surface area contributed by atoms with Gasteiger partial charge in [-0.15, -0.1) is 5.10 Å². The van der Waals surface area contributed by atoms with Crippen molar-refractivity contribution in [3.63, 3.8) is 0 Å². The molecule has 140 valence electrons. The van der Waals surface area contributed by atoms with E-state index in [2.05, 4.69) is 59.5 Å². The number of nitrogens with zero attached hydrogens (tertiary/aromatic N) is 4. The summed E-state index contributed by atoms with van der Waals surface area (Å²) in [5.74, 6) is 0.418. The number of amides is 1. The van der Waals surface area contributed by atoms with Gasteiger partial charge in [0.25, 0.3) is 5.91 Å². The van der Waals surface area contributed by atoms with Crippen molar-refractivity contribution < 1.29 is 4.79 Å². The monoisotopic (exact) mass is 355 g/mol. The molecular formula is C20H29N5O. The van der Waals surface area contributed by atoms with Gasteiger partial charge in [0.1, 0.15) is 0 Å². The van der Waals surface area contributed by atoms with E-state index in [4.69, 9.17) is 0 Å². The van der Waals surface area contributed by atoms with Crippen LogP contribution in [0.2, 0.25) is 0 Å². The van der Waals surface area contributed by atoms with Crippen LogP contribution >= 0.6 is 0 Å². The van der Waals surface area contributed by atoms with E-state index in [0.29, 0.717) is 18.2 Å². The fraction of sp³-hybridized carbons (Fsp3) is 0.550. The van der Waals surface area contributed by atoms with E-state index < -0.39 is 0 Å². The maximum Gasteiger partial charge on any atom is 0.273 e. The van der Waals surface area contributed by atoms with Gasteiger partial charge >= 0.3 is 0 Å². The average Bonchev–Trinajstić information content (AvgIpc) is 3.01. The molecule has 2 heterocycles. The van der Waals surface area contributed by atoms with Crippen LogP contribution in [0.25, 0.3) is 5.69 Å². The summed E-state index contributed by atoms with van der Waals surface area (Å²) in [5.41, 5.74) is 4.91. The van der Waals surface area contributed by atoms with Gasteiger partial charge in [0.05, 0.1) is 11.4 Å². The van der Waals surface area contributed by atoms with Gasteiger partial charge in [0.15, 0.2) is 5.69 Å². The fourth-order valence-corrected chi connectivity index (χ4v) is 3.44. The van der Waals surface area contributed by atoms with Crippen molar-refractivity contribution in [3.05, 3.63) is 40.7 Å². The van der Waals surface area contributed by atoms with E-state index in [1.54, 1.807) is 0 Å². The van der Waals surface area contributed by atoms with Crippen molar-refractivity contribution in [2.75, 3.05) is 19.6 Å². The SMILES string of the molecule is CCN1CCc2c(cccc2-n2nnc(C(=O)NCCC(C)C)c2C)C1. The molecular weight excluding hydrogens is 326 g/mol. The number of aromatic nitrogens is 3. The van der Waals surface area contributed by atoms with Gasteiger partial charge in [-0.05, 0) is 49.4 Å². The van der Waals surface area contributed by atoms with Gasteiger partial charge in [0.2, 0.25) is 0 Å². The van der Waals surface area contributed by atoms with Crippen molar-refractivity contribution in [1.29, 1.82) is 0 Å². The summed E-state index contributed by atoms with van der Waals surface area (Å²) in [4.78, 5) is 14.9. The quantitative estimate of drug-likeness (QED) is 0.865. The number of hydrogen-bond donors (Lipinski definition) is 1. The maximum absolute atomic E-state index is 12.4. The van der Waals surface area contributed by atoms with E-state index in [9.17, 15) is 4.79 Å². The normalized spacial score (nSPS) is 14.5. The summed E-state index contributed by atoms with van der Waals surface area (Å²) in [5, 5.41) is 11.4. The summed E-state index contributed by atoms with van der Waals surface area (Å²) in [6, 6.07) is 6.33. The Kier molecular flexibility index (Phi) is 5.71. The predicted octanol–water partition coefficient (Wildman–Crippen LogP) is 2.73. The molecule has 0 unspecified atom stereocenters. The molecule has 0 saturated carbocycles. The van der Waals surface area contributed by atoms with E-state index in [0.717, 1.165) is 43.9 Å². The molecule has 26 heavy (non-hydrogen) atoms. The van der Waals surface area contributed by atoms with Crippen LogP contribution in [0.3, 0.4) is 0 Å². The molecule has 1 aromatic heterocycles. The third-order valence-electron chi connectivity index (χ3n) is 5.11. The average molecular weight is 355 g/mol. The van der Waals surface area contributed by atoms with Crippen LogP contribution in [0.1, 0.15) is 54.5 Å². The van der Waals surface area contributed by atoms with E-state index >= 15 is 0 Å². The Morgan fingerprint density at radius 1 is 1.35 bits per heavy atom. The molecule has 6 nitrogen and oxygen atoms in total. The number of likely N-dealkylation sites (N-methyl/N-ethyl adjacent to an activating group) is 1. The van der Waals surface area contributed by atoms with Gasteiger partial charge < -0.3 is 5.32 Å². The number of carbonyl (C=O) groups excluding carboxylic acids is 1. The van der Waals surface area contributed by atoms with Crippen LogP contribution in [0, 0.1) is 12.8 Å². The molecule has 0 aliphatic carbocycles. The van der Waals surface area contributed by atoms with Crippen LogP contribution in [0.4, 0.5) is 0 Å². The van der Waals surface area contributed by atoms with Crippen molar-refractivity contribution in [2.24, 2.45) is 5.92 Å². The zero-order valence-corrected chi connectivity index (χ0v) is 16.2. The molecule has 1 aromatic carbocycles. The number of carbonyl (C=O) groups is 1. The largest absolute Gasteiger partial charge is 0.351 e. The van der Waals surface area contributed by atoms with E-state index in [1.165, 1.54) is 11.1 Å². The topological polar surface area (TPSA) is 63.1 Å². The van der Waals surface area contributed by atoms with Gasteiger partial charge in [-0.25, -0.2) is 4.68 Å². The molecule has 2 aromatic rings. The van der Waals surface area contributed by atoms with Crippen LogP contribution in [0.5, 0.6) is 0 Å². The lowest BCUT2D eigenvalue weighted by molar-refractivity contribution is 0.0946. The summed E-state index contributed by atoms with van der Waals surface area (Å²) < 4.78 is 1.82. The second-order valence-electron chi connectivity index (χ2n) is 7.41. The Hall–Kier alpha value is -2.21. The zero-order chi connectivity index (χ0) is 18.7. The summed E-state index contributed by atoms with van der Waals surface area (Å²) >= 11 is 0. The van der Waals surface area contributed by atoms with Crippen LogP contribution < -0.4 is 5.32 Å². The molecule has 0 saturated heterocycles. The lowest BCUT2D eigenvalue weighted by Gasteiger charge is -2.29. The van der Waals surface area contributed by atoms with Crippen molar-refractivity contribution in [3.8, 4) is 5.69 Å². The third kappa shape index (κ3) is 3.80. The number of fused-ring (bicyclic) bond motifs is 1. The number of rotatable bonds is 6. The number of benzene rings is 1. The second kappa shape index (κ2) is 7.99. The Morgan fingerprint density at radius 2 is 2.15 bits per heavy atom. The Labute approximate surface area is 155 Å². The van der Waals surface area contributed by atoms with Gasteiger partial charge in [-0.1, -0.05) is 38.1 Å². The number of nitrogens with one attached hydrogen (secondary N) is 1. The molecule has 1 amide bonds. The maximum atomic E-state index is 12.4. The smallest absolute Gasteiger partial charge is 0.273 e. The van der Waals surface area contributed by atoms with Crippen LogP contribution in [-0.4, -0.2) is 45.4 Å². The molecule has 0 radical (unpaired) electrons. The molecule has 1 aliphatic heterocycles. The van der Waals surface area contributed by atoms with Gasteiger partial charge in [-0.2, -0.15) is 0 Å². The Morgan fingerprint density at radius 3 is 2.88 bits per heavy atom. The summed E-state index contributed by atoms with van der Waals surface area (Å²) in [7, 11) is 0. The highest BCUT2D eigenvalue weighted by Gasteiger charge is 2.22. The first-order valence-corrected chi connectivity index (χ1v) is 9.55. The van der Waals surface area contributed by atoms with Crippen LogP contribution in [0.15, 0.2) is 18.2 Å². The molecule has 6 heteroatoms. The highest BCUT2D eigenvalue weighted by Crippen LogP contribution is 2.26. The summed E-state index contributed by atoms with van der Waals surface area (Å²) in [6.45, 7) is 12.1. The molecule has 0 spiro atoms. The van der Waals surface area contributed by atoms with E-state index in [-0.39, 0.29) is 5.91 Å². The lowest BCUT2D eigenvalue weighted by atomic mass is 9.97. The molecule has 0 bridgehead atoms. The standard InChI is InChI=1S/C20H29N5O/c1-5-24-12-10-17-16(13-24)7-6-8-18(17)25-15(4)19(22-23-25)20(26)21-11-9-14(2)3/h6-8,14H,5,9-13H2,1-4H3,(H,21,26). The van der Waals surface area contributed by atoms with Gasteiger partial charge in [0, 0.05) is 19.6 Å². The van der Waals surface area contributed by atoms with E-state index in [1.807, 2.05) is 11.6 Å². The Balaban J connectivity index is 1.84. The van der Waals surface area contributed by atoms with Crippen molar-refractivity contribution in [2.45, 2.75) is 47.1 Å². The minimum atomic E-state index is -0.142. The first kappa shape index (κ1) is 18.6.